The van der Waals surface area contributed by atoms with Crippen molar-refractivity contribution in [2.24, 2.45) is 0 Å². The van der Waals surface area contributed by atoms with Gasteiger partial charge in [0.1, 0.15) is 5.75 Å². The molecule has 0 aliphatic heterocycles. The second-order valence-corrected chi connectivity index (χ2v) is 3.61. The Bertz CT molecular complexity index is 310. The molecule has 0 radical (unpaired) electrons. The van der Waals surface area contributed by atoms with E-state index in [2.05, 4.69) is 15.9 Å². The third-order valence-electron chi connectivity index (χ3n) is 1.58. The van der Waals surface area contributed by atoms with Crippen LogP contribution in [0.1, 0.15) is 5.56 Å². The van der Waals surface area contributed by atoms with E-state index in [0.717, 1.165) is 15.8 Å². The minimum absolute atomic E-state index is 0.531. The molecule has 0 N–H and O–H groups in total. The van der Waals surface area contributed by atoms with Crippen molar-refractivity contribution in [3.8, 4) is 5.75 Å². The number of benzene rings is 1. The Morgan fingerprint density at radius 2 is 2.31 bits per heavy atom. The Hall–Kier alpha value is -0.470. The van der Waals surface area contributed by atoms with E-state index in [1.165, 1.54) is 0 Å². The summed E-state index contributed by atoms with van der Waals surface area (Å²) in [5, 5.41) is 0. The Morgan fingerprint density at radius 3 is 2.85 bits per heavy atom. The number of ether oxygens (including phenoxy) is 1. The van der Waals surface area contributed by atoms with Crippen LogP contribution < -0.4 is 4.74 Å². The molecule has 1 aromatic carbocycles. The van der Waals surface area contributed by atoms with Crippen molar-refractivity contribution in [3.63, 3.8) is 0 Å². The maximum atomic E-state index is 5.53. The highest BCUT2D eigenvalue weighted by Crippen LogP contribution is 2.25. The van der Waals surface area contributed by atoms with Crippen molar-refractivity contribution < 1.29 is 4.74 Å². The van der Waals surface area contributed by atoms with Gasteiger partial charge in [-0.15, -0.1) is 11.6 Å². The van der Waals surface area contributed by atoms with Gasteiger partial charge in [0.2, 0.25) is 0 Å². The maximum Gasteiger partial charge on any atom is 0.133 e. The molecule has 0 saturated heterocycles. The van der Waals surface area contributed by atoms with E-state index in [4.69, 9.17) is 16.3 Å². The molecule has 0 amide bonds. The monoisotopic (exact) mass is 260 g/mol. The van der Waals surface area contributed by atoms with Crippen LogP contribution in [-0.2, 0) is 0 Å². The van der Waals surface area contributed by atoms with E-state index < -0.39 is 0 Å². The lowest BCUT2D eigenvalue weighted by Gasteiger charge is -2.02. The molecule has 0 atom stereocenters. The van der Waals surface area contributed by atoms with Gasteiger partial charge in [-0.2, -0.15) is 0 Å². The molecule has 0 heterocycles. The first-order valence-corrected chi connectivity index (χ1v) is 5.16. The number of hydrogen-bond acceptors (Lipinski definition) is 1. The molecular weight excluding hydrogens is 251 g/mol. The largest absolute Gasteiger partial charge is 0.496 e. The van der Waals surface area contributed by atoms with Gasteiger partial charge >= 0.3 is 0 Å². The van der Waals surface area contributed by atoms with E-state index >= 15 is 0 Å². The lowest BCUT2D eigenvalue weighted by Crippen LogP contribution is -1.84. The van der Waals surface area contributed by atoms with Crippen LogP contribution >= 0.6 is 27.5 Å². The Labute approximate surface area is 91.5 Å². The Balaban J connectivity index is 2.89. The molecule has 0 aliphatic rings. The zero-order valence-corrected chi connectivity index (χ0v) is 9.60. The second-order valence-electron chi connectivity index (χ2n) is 2.45. The van der Waals surface area contributed by atoms with Crippen LogP contribution in [0.3, 0.4) is 0 Å². The van der Waals surface area contributed by atoms with Crippen molar-refractivity contribution in [2.75, 3.05) is 13.0 Å². The van der Waals surface area contributed by atoms with Crippen molar-refractivity contribution in [1.82, 2.24) is 0 Å². The zero-order valence-electron chi connectivity index (χ0n) is 7.26. The van der Waals surface area contributed by atoms with Crippen molar-refractivity contribution in [1.29, 1.82) is 0 Å². The molecule has 3 heteroatoms. The van der Waals surface area contributed by atoms with Gasteiger partial charge in [0.15, 0.2) is 0 Å². The standard InChI is InChI=1S/C10H10BrClO/c1-13-10-5-4-8(3-2-6-12)7-9(10)11/h2-5,7H,6H2,1H3/b3-2+. The van der Waals surface area contributed by atoms with Gasteiger partial charge in [0.05, 0.1) is 11.6 Å². The highest BCUT2D eigenvalue weighted by atomic mass is 79.9. The minimum Gasteiger partial charge on any atom is -0.496 e. The average molecular weight is 262 g/mol. The third kappa shape index (κ3) is 3.05. The van der Waals surface area contributed by atoms with Crippen LogP contribution in [0.2, 0.25) is 0 Å². The van der Waals surface area contributed by atoms with Crippen LogP contribution in [0.5, 0.6) is 5.75 Å². The summed E-state index contributed by atoms with van der Waals surface area (Å²) >= 11 is 8.93. The zero-order chi connectivity index (χ0) is 9.68. The molecule has 0 unspecified atom stereocenters. The number of alkyl halides is 1. The van der Waals surface area contributed by atoms with Gasteiger partial charge in [0.25, 0.3) is 0 Å². The summed E-state index contributed by atoms with van der Waals surface area (Å²) in [6, 6.07) is 5.88. The quantitative estimate of drug-likeness (QED) is 0.754. The predicted octanol–water partition coefficient (Wildman–Crippen LogP) is 3.71. The fourth-order valence-corrected chi connectivity index (χ4v) is 1.61. The summed E-state index contributed by atoms with van der Waals surface area (Å²) < 4.78 is 6.06. The lowest BCUT2D eigenvalue weighted by molar-refractivity contribution is 0.412. The van der Waals surface area contributed by atoms with Gasteiger partial charge in [-0.3, -0.25) is 0 Å². The van der Waals surface area contributed by atoms with Gasteiger partial charge in [-0.1, -0.05) is 18.2 Å². The summed E-state index contributed by atoms with van der Waals surface area (Å²) in [7, 11) is 1.65. The Morgan fingerprint density at radius 1 is 1.54 bits per heavy atom. The van der Waals surface area contributed by atoms with E-state index in [-0.39, 0.29) is 0 Å². The number of allylic oxidation sites excluding steroid dienone is 1. The van der Waals surface area contributed by atoms with Gasteiger partial charge in [-0.25, -0.2) is 0 Å². The van der Waals surface area contributed by atoms with Crippen molar-refractivity contribution in [3.05, 3.63) is 34.3 Å². The maximum absolute atomic E-state index is 5.53. The fourth-order valence-electron chi connectivity index (χ4n) is 0.967. The summed E-state index contributed by atoms with van der Waals surface area (Å²) in [6.07, 6.45) is 3.87. The van der Waals surface area contributed by atoms with E-state index in [1.807, 2.05) is 30.4 Å². The first kappa shape index (κ1) is 10.6. The van der Waals surface area contributed by atoms with Crippen LogP contribution in [0.15, 0.2) is 28.7 Å². The lowest BCUT2D eigenvalue weighted by atomic mass is 10.2. The van der Waals surface area contributed by atoms with Crippen LogP contribution in [0.4, 0.5) is 0 Å². The molecule has 0 aromatic heterocycles. The molecule has 0 fully saturated rings. The molecule has 1 aromatic rings. The van der Waals surface area contributed by atoms with Gasteiger partial charge < -0.3 is 4.74 Å². The number of methoxy groups -OCH3 is 1. The van der Waals surface area contributed by atoms with Gasteiger partial charge in [0, 0.05) is 5.88 Å². The van der Waals surface area contributed by atoms with E-state index in [1.54, 1.807) is 7.11 Å². The third-order valence-corrected chi connectivity index (χ3v) is 2.37. The van der Waals surface area contributed by atoms with Gasteiger partial charge in [-0.05, 0) is 33.6 Å². The van der Waals surface area contributed by atoms with Crippen LogP contribution in [0.25, 0.3) is 6.08 Å². The minimum atomic E-state index is 0.531. The highest BCUT2D eigenvalue weighted by molar-refractivity contribution is 9.10. The van der Waals surface area contributed by atoms with Crippen LogP contribution in [-0.4, -0.2) is 13.0 Å². The molecule has 1 nitrogen and oxygen atoms in total. The Kier molecular flexibility index (Phi) is 4.33. The van der Waals surface area contributed by atoms with Crippen molar-refractivity contribution >= 4 is 33.6 Å². The predicted molar refractivity (Wildman–Crippen MR) is 60.4 cm³/mol. The first-order valence-electron chi connectivity index (χ1n) is 3.84. The van der Waals surface area contributed by atoms with Crippen molar-refractivity contribution in [2.45, 2.75) is 0 Å². The molecule has 70 valence electrons. The molecular formula is C10H10BrClO. The summed E-state index contributed by atoms with van der Waals surface area (Å²) in [5.41, 5.74) is 1.10. The topological polar surface area (TPSA) is 9.23 Å². The SMILES string of the molecule is COc1ccc(/C=C/CCl)cc1Br. The summed E-state index contributed by atoms with van der Waals surface area (Å²) in [6.45, 7) is 0. The van der Waals surface area contributed by atoms with Crippen LogP contribution in [0, 0.1) is 0 Å². The second kappa shape index (κ2) is 5.30. The molecule has 0 bridgehead atoms. The normalized spacial score (nSPS) is 10.7. The smallest absolute Gasteiger partial charge is 0.133 e. The number of halogens is 2. The van der Waals surface area contributed by atoms with E-state index in [0.29, 0.717) is 5.88 Å². The molecule has 1 rings (SSSR count). The number of rotatable bonds is 3. The summed E-state index contributed by atoms with van der Waals surface area (Å²) in [4.78, 5) is 0. The first-order chi connectivity index (χ1) is 6.27. The van der Waals surface area contributed by atoms with E-state index in [9.17, 15) is 0 Å². The highest BCUT2D eigenvalue weighted by Gasteiger charge is 1.98. The molecule has 0 aliphatic carbocycles. The average Bonchev–Trinajstić information content (AvgIpc) is 2.15. The summed E-state index contributed by atoms with van der Waals surface area (Å²) in [5.74, 6) is 1.37. The molecule has 0 spiro atoms. The molecule has 0 saturated carbocycles. The fraction of sp³-hybridized carbons (Fsp3) is 0.200. The number of hydrogen-bond donors (Lipinski definition) is 0. The molecule has 13 heavy (non-hydrogen) atoms.